The van der Waals surface area contributed by atoms with E-state index in [4.69, 9.17) is 0 Å². The van der Waals surface area contributed by atoms with E-state index in [0.717, 1.165) is 12.1 Å². The maximum absolute atomic E-state index is 12.5. The second kappa shape index (κ2) is 8.22. The Kier molecular flexibility index (Phi) is 6.25. The molecule has 9 heteroatoms. The van der Waals surface area contributed by atoms with Crippen LogP contribution in [0.2, 0.25) is 0 Å². The van der Waals surface area contributed by atoms with Crippen LogP contribution < -0.4 is 15.4 Å². The minimum atomic E-state index is -4.82. The van der Waals surface area contributed by atoms with E-state index in [1.165, 1.54) is 23.5 Å². The lowest BCUT2D eigenvalue weighted by atomic mass is 10.0. The van der Waals surface area contributed by atoms with Crippen molar-refractivity contribution in [3.8, 4) is 5.75 Å². The number of alkyl halides is 3. The maximum atomic E-state index is 12.5. The van der Waals surface area contributed by atoms with Crippen LogP contribution >= 0.6 is 11.3 Å². The molecule has 2 rings (SSSR count). The van der Waals surface area contributed by atoms with Crippen molar-refractivity contribution < 1.29 is 27.5 Å². The van der Waals surface area contributed by atoms with E-state index >= 15 is 0 Å². The Balaban J connectivity index is 2.08. The summed E-state index contributed by atoms with van der Waals surface area (Å²) >= 11 is 1.24. The molecule has 0 fully saturated rings. The van der Waals surface area contributed by atoms with Crippen molar-refractivity contribution in [3.63, 3.8) is 0 Å². The number of nitrogens with one attached hydrogen (secondary N) is 2. The number of halogens is 3. The molecule has 0 bridgehead atoms. The van der Waals surface area contributed by atoms with Crippen LogP contribution in [-0.4, -0.2) is 24.2 Å². The highest BCUT2D eigenvalue weighted by atomic mass is 32.1. The summed E-state index contributed by atoms with van der Waals surface area (Å²) in [5.74, 6) is -1.59. The standard InChI is InChI=1S/C17H17F3N2O3S/c1-10(2)14(22-15(23)13-7-4-8-26-13)16(24)21-11-5-3-6-12(9-11)25-17(18,19)20/h3-10,14H,1-2H3,(H,21,24)(H,22,23). The number of hydrogen-bond donors (Lipinski definition) is 2. The fraction of sp³-hybridized carbons (Fsp3) is 0.294. The van der Waals surface area contributed by atoms with Gasteiger partial charge in [0.2, 0.25) is 5.91 Å². The number of anilines is 1. The van der Waals surface area contributed by atoms with Crippen LogP contribution in [0.25, 0.3) is 0 Å². The smallest absolute Gasteiger partial charge is 0.406 e. The minimum absolute atomic E-state index is 0.132. The Morgan fingerprint density at radius 2 is 1.88 bits per heavy atom. The number of thiophene rings is 1. The summed E-state index contributed by atoms with van der Waals surface area (Å²) in [7, 11) is 0. The molecule has 0 aliphatic carbocycles. The SMILES string of the molecule is CC(C)C(NC(=O)c1cccs1)C(=O)Nc1cccc(OC(F)(F)F)c1. The first kappa shape index (κ1) is 19.8. The Morgan fingerprint density at radius 1 is 1.15 bits per heavy atom. The van der Waals surface area contributed by atoms with Crippen LogP contribution in [0.3, 0.4) is 0 Å². The van der Waals surface area contributed by atoms with E-state index in [1.807, 2.05) is 0 Å². The molecule has 1 heterocycles. The van der Waals surface area contributed by atoms with Gasteiger partial charge in [-0.2, -0.15) is 0 Å². The van der Waals surface area contributed by atoms with Gasteiger partial charge >= 0.3 is 6.36 Å². The number of ether oxygens (including phenoxy) is 1. The van der Waals surface area contributed by atoms with Crippen LogP contribution in [0.5, 0.6) is 5.75 Å². The molecule has 0 radical (unpaired) electrons. The van der Waals surface area contributed by atoms with E-state index in [-0.39, 0.29) is 17.5 Å². The lowest BCUT2D eigenvalue weighted by molar-refractivity contribution is -0.274. The van der Waals surface area contributed by atoms with Gasteiger partial charge in [0.25, 0.3) is 5.91 Å². The highest BCUT2D eigenvalue weighted by molar-refractivity contribution is 7.12. The molecule has 0 spiro atoms. The second-order valence-corrected chi connectivity index (χ2v) is 6.69. The van der Waals surface area contributed by atoms with Crippen molar-refractivity contribution in [2.24, 2.45) is 5.92 Å². The topological polar surface area (TPSA) is 67.4 Å². The molecule has 1 unspecified atom stereocenters. The molecule has 140 valence electrons. The fourth-order valence-electron chi connectivity index (χ4n) is 2.15. The molecule has 2 aromatic rings. The van der Waals surface area contributed by atoms with Crippen LogP contribution in [-0.2, 0) is 4.79 Å². The monoisotopic (exact) mass is 386 g/mol. The third-order valence-corrected chi connectivity index (χ3v) is 4.18. The van der Waals surface area contributed by atoms with E-state index in [2.05, 4.69) is 15.4 Å². The summed E-state index contributed by atoms with van der Waals surface area (Å²) in [5.41, 5.74) is 0.132. The highest BCUT2D eigenvalue weighted by Gasteiger charge is 2.31. The molecule has 26 heavy (non-hydrogen) atoms. The van der Waals surface area contributed by atoms with Crippen LogP contribution in [0.15, 0.2) is 41.8 Å². The van der Waals surface area contributed by atoms with Crippen LogP contribution in [0.1, 0.15) is 23.5 Å². The number of rotatable bonds is 6. The maximum Gasteiger partial charge on any atom is 0.573 e. The summed E-state index contributed by atoms with van der Waals surface area (Å²) in [6.45, 7) is 3.50. The Hall–Kier alpha value is -2.55. The minimum Gasteiger partial charge on any atom is -0.406 e. The van der Waals surface area contributed by atoms with Gasteiger partial charge in [0.15, 0.2) is 0 Å². The summed E-state index contributed by atoms with van der Waals surface area (Å²) in [4.78, 5) is 25.1. The molecular weight excluding hydrogens is 369 g/mol. The number of hydrogen-bond acceptors (Lipinski definition) is 4. The van der Waals surface area contributed by atoms with Gasteiger partial charge in [-0.1, -0.05) is 26.0 Å². The zero-order valence-corrected chi connectivity index (χ0v) is 14.8. The van der Waals surface area contributed by atoms with Crippen molar-refractivity contribution in [2.75, 3.05) is 5.32 Å². The predicted octanol–water partition coefficient (Wildman–Crippen LogP) is 4.04. The molecule has 2 amide bonds. The first-order chi connectivity index (χ1) is 12.2. The average Bonchev–Trinajstić information content (AvgIpc) is 3.05. The number of benzene rings is 1. The molecule has 5 nitrogen and oxygen atoms in total. The zero-order valence-electron chi connectivity index (χ0n) is 14.0. The van der Waals surface area contributed by atoms with Gasteiger partial charge in [0.1, 0.15) is 11.8 Å². The van der Waals surface area contributed by atoms with Gasteiger partial charge in [0.05, 0.1) is 4.88 Å². The molecule has 1 aromatic heterocycles. The lowest BCUT2D eigenvalue weighted by Crippen LogP contribution is -2.46. The van der Waals surface area contributed by atoms with E-state index < -0.39 is 24.1 Å². The van der Waals surface area contributed by atoms with Crippen molar-refractivity contribution in [2.45, 2.75) is 26.3 Å². The Labute approximate surface area is 152 Å². The second-order valence-electron chi connectivity index (χ2n) is 5.74. The van der Waals surface area contributed by atoms with Crippen molar-refractivity contribution in [3.05, 3.63) is 46.7 Å². The molecule has 1 aromatic carbocycles. The van der Waals surface area contributed by atoms with E-state index in [0.29, 0.717) is 4.88 Å². The molecular formula is C17H17F3N2O3S. The van der Waals surface area contributed by atoms with Gasteiger partial charge in [-0.15, -0.1) is 24.5 Å². The van der Waals surface area contributed by atoms with Gasteiger partial charge in [-0.25, -0.2) is 0 Å². The number of carbonyl (C=O) groups is 2. The summed E-state index contributed by atoms with van der Waals surface area (Å²) in [5, 5.41) is 6.88. The van der Waals surface area contributed by atoms with Crippen LogP contribution in [0.4, 0.5) is 18.9 Å². The first-order valence-electron chi connectivity index (χ1n) is 7.67. The fourth-order valence-corrected chi connectivity index (χ4v) is 2.77. The van der Waals surface area contributed by atoms with Gasteiger partial charge < -0.3 is 15.4 Å². The van der Waals surface area contributed by atoms with Gasteiger partial charge in [0, 0.05) is 11.8 Å². The highest BCUT2D eigenvalue weighted by Crippen LogP contribution is 2.25. The summed E-state index contributed by atoms with van der Waals surface area (Å²) < 4.78 is 40.7. The molecule has 0 saturated carbocycles. The van der Waals surface area contributed by atoms with E-state index in [9.17, 15) is 22.8 Å². The van der Waals surface area contributed by atoms with Gasteiger partial charge in [-0.05, 0) is 29.5 Å². The summed E-state index contributed by atoms with van der Waals surface area (Å²) in [6.07, 6.45) is -4.82. The number of amides is 2. The Morgan fingerprint density at radius 3 is 2.46 bits per heavy atom. The normalized spacial score (nSPS) is 12.5. The molecule has 0 saturated heterocycles. The van der Waals surface area contributed by atoms with Gasteiger partial charge in [-0.3, -0.25) is 9.59 Å². The largest absolute Gasteiger partial charge is 0.573 e. The molecule has 1 atom stereocenters. The van der Waals surface area contributed by atoms with Crippen LogP contribution in [0, 0.1) is 5.92 Å². The molecule has 2 N–H and O–H groups in total. The molecule has 0 aliphatic heterocycles. The molecule has 0 aliphatic rings. The third kappa shape index (κ3) is 5.76. The first-order valence-corrected chi connectivity index (χ1v) is 8.55. The van der Waals surface area contributed by atoms with E-state index in [1.54, 1.807) is 31.4 Å². The predicted molar refractivity (Wildman–Crippen MR) is 92.2 cm³/mol. The number of carbonyl (C=O) groups excluding carboxylic acids is 2. The lowest BCUT2D eigenvalue weighted by Gasteiger charge is -2.21. The average molecular weight is 386 g/mol. The third-order valence-electron chi connectivity index (χ3n) is 3.32. The quantitative estimate of drug-likeness (QED) is 0.787. The van der Waals surface area contributed by atoms with Crippen molar-refractivity contribution in [1.29, 1.82) is 0 Å². The van der Waals surface area contributed by atoms with Crippen molar-refractivity contribution in [1.82, 2.24) is 5.32 Å². The Bertz CT molecular complexity index is 761. The van der Waals surface area contributed by atoms with Crippen molar-refractivity contribution >= 4 is 28.8 Å². The summed E-state index contributed by atoms with van der Waals surface area (Å²) in [6, 6.07) is 7.44. The zero-order chi connectivity index (χ0) is 19.3.